The van der Waals surface area contributed by atoms with E-state index in [1.807, 2.05) is 0 Å². The van der Waals surface area contributed by atoms with Crippen molar-refractivity contribution < 1.29 is 9.13 Å². The minimum absolute atomic E-state index is 0.250. The summed E-state index contributed by atoms with van der Waals surface area (Å²) in [5, 5.41) is 0. The zero-order chi connectivity index (χ0) is 13.5. The highest BCUT2D eigenvalue weighted by Crippen LogP contribution is 2.45. The SMILES string of the molecule is NC1(c2cc(F)cc(Br)c2OC2CCC2)CCCC1. The van der Waals surface area contributed by atoms with Gasteiger partial charge < -0.3 is 10.5 Å². The molecule has 0 unspecified atom stereocenters. The summed E-state index contributed by atoms with van der Waals surface area (Å²) in [4.78, 5) is 0. The second-order valence-electron chi connectivity index (χ2n) is 5.80. The Kier molecular flexibility index (Phi) is 3.56. The lowest BCUT2D eigenvalue weighted by molar-refractivity contribution is 0.116. The monoisotopic (exact) mass is 327 g/mol. The van der Waals surface area contributed by atoms with Crippen LogP contribution in [0, 0.1) is 5.82 Å². The molecule has 0 aromatic heterocycles. The average Bonchev–Trinajstić information content (AvgIpc) is 2.73. The van der Waals surface area contributed by atoms with Gasteiger partial charge in [0, 0.05) is 11.1 Å². The fraction of sp³-hybridized carbons (Fsp3) is 0.600. The third kappa shape index (κ3) is 2.52. The van der Waals surface area contributed by atoms with E-state index in [0.717, 1.165) is 49.8 Å². The number of hydrogen-bond donors (Lipinski definition) is 1. The van der Waals surface area contributed by atoms with E-state index in [2.05, 4.69) is 15.9 Å². The smallest absolute Gasteiger partial charge is 0.139 e. The maximum Gasteiger partial charge on any atom is 0.139 e. The molecule has 104 valence electrons. The summed E-state index contributed by atoms with van der Waals surface area (Å²) in [6.45, 7) is 0. The molecule has 0 heterocycles. The van der Waals surface area contributed by atoms with Gasteiger partial charge in [0.25, 0.3) is 0 Å². The Balaban J connectivity index is 1.99. The molecule has 2 aliphatic rings. The fourth-order valence-corrected chi connectivity index (χ4v) is 3.51. The second-order valence-corrected chi connectivity index (χ2v) is 6.65. The lowest BCUT2D eigenvalue weighted by Crippen LogP contribution is -2.35. The minimum atomic E-state index is -0.427. The van der Waals surface area contributed by atoms with Crippen LogP contribution in [0.3, 0.4) is 0 Å². The van der Waals surface area contributed by atoms with Crippen LogP contribution in [-0.2, 0) is 5.54 Å². The number of nitrogens with two attached hydrogens (primary N) is 1. The van der Waals surface area contributed by atoms with Gasteiger partial charge in [-0.1, -0.05) is 12.8 Å². The number of halogens is 2. The van der Waals surface area contributed by atoms with Gasteiger partial charge >= 0.3 is 0 Å². The van der Waals surface area contributed by atoms with Crippen LogP contribution in [0.4, 0.5) is 4.39 Å². The Morgan fingerprint density at radius 3 is 2.47 bits per heavy atom. The molecular formula is C15H19BrFNO. The zero-order valence-electron chi connectivity index (χ0n) is 10.9. The highest BCUT2D eigenvalue weighted by molar-refractivity contribution is 9.10. The van der Waals surface area contributed by atoms with Crippen molar-refractivity contribution >= 4 is 15.9 Å². The maximum absolute atomic E-state index is 13.7. The van der Waals surface area contributed by atoms with Crippen LogP contribution >= 0.6 is 15.9 Å². The molecule has 0 amide bonds. The van der Waals surface area contributed by atoms with Crippen LogP contribution in [0.2, 0.25) is 0 Å². The maximum atomic E-state index is 13.7. The van der Waals surface area contributed by atoms with Gasteiger partial charge in [-0.2, -0.15) is 0 Å². The molecule has 1 aromatic rings. The number of ether oxygens (including phenoxy) is 1. The lowest BCUT2D eigenvalue weighted by atomic mass is 9.88. The van der Waals surface area contributed by atoms with Gasteiger partial charge in [0.05, 0.1) is 10.6 Å². The molecule has 2 N–H and O–H groups in total. The predicted octanol–water partition coefficient (Wildman–Crippen LogP) is 4.25. The standard InChI is InChI=1S/C15H19BrFNO/c16-13-9-10(17)8-12(15(18)6-1-2-7-15)14(13)19-11-4-3-5-11/h8-9,11H,1-7,18H2. The summed E-state index contributed by atoms with van der Waals surface area (Å²) >= 11 is 3.43. The first-order valence-electron chi connectivity index (χ1n) is 7.03. The van der Waals surface area contributed by atoms with Crippen molar-refractivity contribution in [1.29, 1.82) is 0 Å². The summed E-state index contributed by atoms with van der Waals surface area (Å²) in [5.74, 6) is 0.509. The van der Waals surface area contributed by atoms with Gasteiger partial charge in [-0.05, 0) is 60.2 Å². The molecule has 4 heteroatoms. The van der Waals surface area contributed by atoms with Crippen molar-refractivity contribution in [2.75, 3.05) is 0 Å². The molecule has 0 radical (unpaired) electrons. The van der Waals surface area contributed by atoms with Crippen LogP contribution < -0.4 is 10.5 Å². The molecule has 2 fully saturated rings. The first-order chi connectivity index (χ1) is 9.08. The van der Waals surface area contributed by atoms with E-state index in [9.17, 15) is 4.39 Å². The van der Waals surface area contributed by atoms with Crippen LogP contribution in [-0.4, -0.2) is 6.10 Å². The van der Waals surface area contributed by atoms with E-state index in [1.165, 1.54) is 12.5 Å². The summed E-state index contributed by atoms with van der Waals surface area (Å²) in [6, 6.07) is 3.03. The molecule has 1 aromatic carbocycles. The first-order valence-corrected chi connectivity index (χ1v) is 7.83. The van der Waals surface area contributed by atoms with Gasteiger partial charge in [0.15, 0.2) is 0 Å². The van der Waals surface area contributed by atoms with E-state index in [-0.39, 0.29) is 11.9 Å². The average molecular weight is 328 g/mol. The van der Waals surface area contributed by atoms with E-state index >= 15 is 0 Å². The molecule has 2 nitrogen and oxygen atoms in total. The summed E-state index contributed by atoms with van der Waals surface area (Å²) in [6.07, 6.45) is 7.67. The van der Waals surface area contributed by atoms with E-state index in [4.69, 9.17) is 10.5 Å². The van der Waals surface area contributed by atoms with Crippen molar-refractivity contribution in [3.05, 3.63) is 28.0 Å². The van der Waals surface area contributed by atoms with E-state index in [1.54, 1.807) is 6.07 Å². The van der Waals surface area contributed by atoms with Crippen LogP contribution in [0.5, 0.6) is 5.75 Å². The van der Waals surface area contributed by atoms with Gasteiger partial charge in [0.1, 0.15) is 11.6 Å². The molecule has 19 heavy (non-hydrogen) atoms. The molecule has 0 spiro atoms. The quantitative estimate of drug-likeness (QED) is 0.900. The molecule has 2 aliphatic carbocycles. The number of hydrogen-bond acceptors (Lipinski definition) is 2. The molecule has 2 saturated carbocycles. The topological polar surface area (TPSA) is 35.2 Å². The Hall–Kier alpha value is -0.610. The van der Waals surface area contributed by atoms with E-state index < -0.39 is 5.54 Å². The summed E-state index contributed by atoms with van der Waals surface area (Å²) in [5.41, 5.74) is 6.90. The fourth-order valence-electron chi connectivity index (χ4n) is 2.98. The summed E-state index contributed by atoms with van der Waals surface area (Å²) in [7, 11) is 0. The van der Waals surface area contributed by atoms with Crippen LogP contribution in [0.15, 0.2) is 16.6 Å². The zero-order valence-corrected chi connectivity index (χ0v) is 12.5. The Labute approximate surface area is 121 Å². The second kappa shape index (κ2) is 5.06. The van der Waals surface area contributed by atoms with Crippen molar-refractivity contribution in [1.82, 2.24) is 0 Å². The van der Waals surface area contributed by atoms with Crippen LogP contribution in [0.1, 0.15) is 50.5 Å². The highest BCUT2D eigenvalue weighted by Gasteiger charge is 2.36. The molecule has 0 saturated heterocycles. The van der Waals surface area contributed by atoms with Gasteiger partial charge in [-0.25, -0.2) is 4.39 Å². The largest absolute Gasteiger partial charge is 0.489 e. The normalized spacial score (nSPS) is 22.3. The van der Waals surface area contributed by atoms with Crippen molar-refractivity contribution in [3.63, 3.8) is 0 Å². The van der Waals surface area contributed by atoms with Crippen molar-refractivity contribution in [2.24, 2.45) is 5.73 Å². The van der Waals surface area contributed by atoms with Crippen molar-refractivity contribution in [3.8, 4) is 5.75 Å². The minimum Gasteiger partial charge on any atom is -0.489 e. The van der Waals surface area contributed by atoms with Crippen molar-refractivity contribution in [2.45, 2.75) is 56.6 Å². The molecular weight excluding hydrogens is 309 g/mol. The van der Waals surface area contributed by atoms with Crippen LogP contribution in [0.25, 0.3) is 0 Å². The Morgan fingerprint density at radius 1 is 1.21 bits per heavy atom. The van der Waals surface area contributed by atoms with Gasteiger partial charge in [-0.3, -0.25) is 0 Å². The summed E-state index contributed by atoms with van der Waals surface area (Å²) < 4.78 is 20.5. The van der Waals surface area contributed by atoms with Gasteiger partial charge in [-0.15, -0.1) is 0 Å². The Morgan fingerprint density at radius 2 is 1.89 bits per heavy atom. The predicted molar refractivity (Wildman–Crippen MR) is 76.7 cm³/mol. The number of benzene rings is 1. The van der Waals surface area contributed by atoms with E-state index in [0.29, 0.717) is 4.47 Å². The first kappa shape index (κ1) is 13.4. The number of rotatable bonds is 3. The third-order valence-corrected chi connectivity index (χ3v) is 4.97. The molecule has 3 rings (SSSR count). The highest BCUT2D eigenvalue weighted by atomic mass is 79.9. The molecule has 0 bridgehead atoms. The van der Waals surface area contributed by atoms with Gasteiger partial charge in [0.2, 0.25) is 0 Å². The lowest BCUT2D eigenvalue weighted by Gasteiger charge is -2.32. The molecule has 0 atom stereocenters. The third-order valence-electron chi connectivity index (χ3n) is 4.38. The Bertz CT molecular complexity index is 481. The molecule has 0 aliphatic heterocycles.